The Morgan fingerprint density at radius 3 is 2.07 bits per heavy atom. The molecule has 2 rings (SSSR count). The maximum Gasteiger partial charge on any atom is 0.325 e. The Labute approximate surface area is 163 Å². The molecule has 0 heterocycles. The molecule has 2 aromatic carbocycles. The van der Waals surface area contributed by atoms with Crippen LogP contribution >= 0.6 is 11.8 Å². The number of nitrogens with one attached hydrogen (secondary N) is 1. The van der Waals surface area contributed by atoms with Gasteiger partial charge in [0.15, 0.2) is 0 Å². The van der Waals surface area contributed by atoms with Gasteiger partial charge in [0, 0.05) is 11.3 Å². The van der Waals surface area contributed by atoms with Gasteiger partial charge in [-0.25, -0.2) is 0 Å². The average Bonchev–Trinajstić information content (AvgIpc) is 2.69. The van der Waals surface area contributed by atoms with Gasteiger partial charge in [-0.05, 0) is 18.4 Å². The number of carboxylic acid groups (broad SMARTS) is 1. The SMILES string of the molecule is C[C@H](NC(=O)[C@@H](CSC(=O)c1ccccc1)[C@@H](C)c1ccccc1)C(=O)O. The molecule has 0 aliphatic carbocycles. The van der Waals surface area contributed by atoms with Crippen molar-refractivity contribution in [2.75, 3.05) is 5.75 Å². The highest BCUT2D eigenvalue weighted by molar-refractivity contribution is 8.14. The van der Waals surface area contributed by atoms with Crippen molar-refractivity contribution in [3.63, 3.8) is 0 Å². The second kappa shape index (κ2) is 9.92. The van der Waals surface area contributed by atoms with Gasteiger partial charge in [0.1, 0.15) is 6.04 Å². The van der Waals surface area contributed by atoms with E-state index in [1.807, 2.05) is 43.3 Å². The Morgan fingerprint density at radius 1 is 0.963 bits per heavy atom. The van der Waals surface area contributed by atoms with Gasteiger partial charge < -0.3 is 10.4 Å². The zero-order valence-corrected chi connectivity index (χ0v) is 16.1. The minimum atomic E-state index is -1.09. The van der Waals surface area contributed by atoms with Gasteiger partial charge in [0.05, 0.1) is 5.92 Å². The topological polar surface area (TPSA) is 83.5 Å². The summed E-state index contributed by atoms with van der Waals surface area (Å²) >= 11 is 1.08. The molecule has 0 aliphatic rings. The van der Waals surface area contributed by atoms with Gasteiger partial charge in [-0.1, -0.05) is 79.3 Å². The first-order valence-electron chi connectivity index (χ1n) is 8.70. The number of amides is 1. The van der Waals surface area contributed by atoms with Gasteiger partial charge in [-0.3, -0.25) is 14.4 Å². The highest BCUT2D eigenvalue weighted by Gasteiger charge is 2.29. The second-order valence-electron chi connectivity index (χ2n) is 6.34. The first-order chi connectivity index (χ1) is 12.9. The van der Waals surface area contributed by atoms with E-state index >= 15 is 0 Å². The fourth-order valence-electron chi connectivity index (χ4n) is 2.64. The molecule has 0 unspecified atom stereocenters. The van der Waals surface area contributed by atoms with Crippen LogP contribution in [0, 0.1) is 5.92 Å². The molecule has 0 saturated heterocycles. The molecule has 0 bridgehead atoms. The summed E-state index contributed by atoms with van der Waals surface area (Å²) < 4.78 is 0. The predicted molar refractivity (Wildman–Crippen MR) is 107 cm³/mol. The summed E-state index contributed by atoms with van der Waals surface area (Å²) in [5.74, 6) is -1.89. The summed E-state index contributed by atoms with van der Waals surface area (Å²) in [4.78, 5) is 36.2. The molecule has 1 amide bonds. The minimum absolute atomic E-state index is 0.111. The number of hydrogen-bond acceptors (Lipinski definition) is 4. The molecule has 0 radical (unpaired) electrons. The van der Waals surface area contributed by atoms with Crippen LogP contribution in [0.4, 0.5) is 0 Å². The van der Waals surface area contributed by atoms with Crippen LogP contribution < -0.4 is 5.32 Å². The molecule has 3 atom stereocenters. The standard InChI is InChI=1S/C21H23NO4S/c1-14(16-9-5-3-6-10-16)18(19(23)22-15(2)20(24)25)13-27-21(26)17-11-7-4-8-12-17/h3-12,14-15,18H,13H2,1-2H3,(H,22,23)(H,24,25)/t14-,15-,18-/m0/s1. The fourth-order valence-corrected chi connectivity index (χ4v) is 3.71. The third-order valence-corrected chi connectivity index (χ3v) is 5.42. The molecule has 2 aromatic rings. The van der Waals surface area contributed by atoms with Crippen LogP contribution in [0.15, 0.2) is 60.7 Å². The maximum atomic E-state index is 12.7. The zero-order valence-electron chi connectivity index (χ0n) is 15.3. The lowest BCUT2D eigenvalue weighted by atomic mass is 9.88. The first-order valence-corrected chi connectivity index (χ1v) is 9.69. The highest BCUT2D eigenvalue weighted by Crippen LogP contribution is 2.29. The number of rotatable bonds is 8. The normalized spacial score (nSPS) is 14.0. The molecule has 142 valence electrons. The Kier molecular flexibility index (Phi) is 7.61. The third kappa shape index (κ3) is 5.96. The van der Waals surface area contributed by atoms with Crippen LogP contribution in [0.2, 0.25) is 0 Å². The van der Waals surface area contributed by atoms with Gasteiger partial charge in [-0.2, -0.15) is 0 Å². The van der Waals surface area contributed by atoms with Crippen molar-refractivity contribution in [2.45, 2.75) is 25.8 Å². The number of benzene rings is 2. The van der Waals surface area contributed by atoms with Crippen LogP contribution in [0.1, 0.15) is 35.7 Å². The van der Waals surface area contributed by atoms with Gasteiger partial charge in [0.25, 0.3) is 0 Å². The zero-order chi connectivity index (χ0) is 19.8. The molecule has 0 spiro atoms. The van der Waals surface area contributed by atoms with Crippen molar-refractivity contribution in [3.05, 3.63) is 71.8 Å². The third-order valence-electron chi connectivity index (χ3n) is 4.40. The summed E-state index contributed by atoms with van der Waals surface area (Å²) in [7, 11) is 0. The highest BCUT2D eigenvalue weighted by atomic mass is 32.2. The van der Waals surface area contributed by atoms with Crippen molar-refractivity contribution < 1.29 is 19.5 Å². The van der Waals surface area contributed by atoms with Crippen LogP contribution in [0.5, 0.6) is 0 Å². The molecule has 6 heteroatoms. The molecule has 5 nitrogen and oxygen atoms in total. The number of carbonyl (C=O) groups excluding carboxylic acids is 2. The van der Waals surface area contributed by atoms with E-state index in [2.05, 4.69) is 5.32 Å². The first kappa shape index (κ1) is 20.7. The number of carbonyl (C=O) groups is 3. The van der Waals surface area contributed by atoms with Gasteiger partial charge in [-0.15, -0.1) is 0 Å². The number of carboxylic acids is 1. The van der Waals surface area contributed by atoms with E-state index in [4.69, 9.17) is 5.11 Å². The molecule has 0 aromatic heterocycles. The number of aliphatic carboxylic acids is 1. The van der Waals surface area contributed by atoms with Crippen LogP contribution in [-0.4, -0.2) is 33.9 Å². The smallest absolute Gasteiger partial charge is 0.325 e. The summed E-state index contributed by atoms with van der Waals surface area (Å²) in [6, 6.07) is 17.4. The number of hydrogen-bond donors (Lipinski definition) is 2. The Morgan fingerprint density at radius 2 is 1.52 bits per heavy atom. The molecular weight excluding hydrogens is 362 g/mol. The van der Waals surface area contributed by atoms with Crippen LogP contribution in [0.3, 0.4) is 0 Å². The van der Waals surface area contributed by atoms with Crippen molar-refractivity contribution >= 4 is 28.8 Å². The molecule has 27 heavy (non-hydrogen) atoms. The second-order valence-corrected chi connectivity index (χ2v) is 7.33. The predicted octanol–water partition coefficient (Wildman–Crippen LogP) is 3.57. The molecule has 2 N–H and O–H groups in total. The summed E-state index contributed by atoms with van der Waals surface area (Å²) in [6.45, 7) is 3.34. The number of thioether (sulfide) groups is 1. The van der Waals surface area contributed by atoms with Crippen LogP contribution in [-0.2, 0) is 9.59 Å². The van der Waals surface area contributed by atoms with Gasteiger partial charge in [0.2, 0.25) is 11.0 Å². The van der Waals surface area contributed by atoms with E-state index in [9.17, 15) is 14.4 Å². The van der Waals surface area contributed by atoms with Crippen molar-refractivity contribution in [3.8, 4) is 0 Å². The average molecular weight is 385 g/mol. The van der Waals surface area contributed by atoms with Crippen molar-refractivity contribution in [2.24, 2.45) is 5.92 Å². The minimum Gasteiger partial charge on any atom is -0.480 e. The Hall–Kier alpha value is -2.60. The Bertz CT molecular complexity index is 779. The summed E-state index contributed by atoms with van der Waals surface area (Å²) in [6.07, 6.45) is 0. The molecule has 0 aliphatic heterocycles. The van der Waals surface area contributed by atoms with Crippen molar-refractivity contribution in [1.82, 2.24) is 5.32 Å². The van der Waals surface area contributed by atoms with E-state index in [0.29, 0.717) is 5.56 Å². The lowest BCUT2D eigenvalue weighted by Gasteiger charge is -2.24. The van der Waals surface area contributed by atoms with Crippen molar-refractivity contribution in [1.29, 1.82) is 0 Å². The summed E-state index contributed by atoms with van der Waals surface area (Å²) in [5.41, 5.74) is 1.54. The van der Waals surface area contributed by atoms with E-state index in [1.165, 1.54) is 6.92 Å². The Balaban J connectivity index is 2.14. The molecule has 0 fully saturated rings. The molecular formula is C21H23NO4S. The van der Waals surface area contributed by atoms with Gasteiger partial charge >= 0.3 is 5.97 Å². The van der Waals surface area contributed by atoms with E-state index in [0.717, 1.165) is 17.3 Å². The van der Waals surface area contributed by atoms with E-state index < -0.39 is 17.9 Å². The quantitative estimate of drug-likeness (QED) is 0.726. The van der Waals surface area contributed by atoms with E-state index in [-0.39, 0.29) is 22.7 Å². The monoisotopic (exact) mass is 385 g/mol. The largest absolute Gasteiger partial charge is 0.480 e. The van der Waals surface area contributed by atoms with E-state index in [1.54, 1.807) is 24.3 Å². The molecule has 0 saturated carbocycles. The lowest BCUT2D eigenvalue weighted by Crippen LogP contribution is -2.43. The summed E-state index contributed by atoms with van der Waals surface area (Å²) in [5, 5.41) is 11.5. The lowest BCUT2D eigenvalue weighted by molar-refractivity contribution is -0.141. The maximum absolute atomic E-state index is 12.7. The fraction of sp³-hybridized carbons (Fsp3) is 0.286. The van der Waals surface area contributed by atoms with Crippen LogP contribution in [0.25, 0.3) is 0 Å².